The monoisotopic (exact) mass is 382 g/mol. The van der Waals surface area contributed by atoms with E-state index < -0.39 is 0 Å². The number of hydrogen-bond donors (Lipinski definition) is 0. The van der Waals surface area contributed by atoms with E-state index in [4.69, 9.17) is 4.74 Å². The second-order valence-corrected chi connectivity index (χ2v) is 7.53. The zero-order chi connectivity index (χ0) is 19.3. The number of nitrogens with zero attached hydrogens (tertiary/aromatic N) is 2. The Morgan fingerprint density at radius 1 is 1.07 bits per heavy atom. The number of ether oxygens (including phenoxy) is 1. The molecule has 0 spiro atoms. The Balaban J connectivity index is 1.55. The molecule has 0 saturated carbocycles. The van der Waals surface area contributed by atoms with Crippen molar-refractivity contribution < 1.29 is 4.74 Å². The van der Waals surface area contributed by atoms with Crippen molar-refractivity contribution >= 4 is 33.2 Å². The second-order valence-electron chi connectivity index (χ2n) is 6.50. The summed E-state index contributed by atoms with van der Waals surface area (Å²) in [4.78, 5) is 4.58. The van der Waals surface area contributed by atoms with Gasteiger partial charge in [-0.15, -0.1) is 11.3 Å². The fourth-order valence-electron chi connectivity index (χ4n) is 2.84. The summed E-state index contributed by atoms with van der Waals surface area (Å²) in [5.41, 5.74) is 4.74. The van der Waals surface area contributed by atoms with Crippen LogP contribution < -0.4 is 4.74 Å². The average Bonchev–Trinajstić information content (AvgIpc) is 3.16. The summed E-state index contributed by atoms with van der Waals surface area (Å²) in [6.07, 6.45) is 1.86. The van der Waals surface area contributed by atoms with Crippen molar-refractivity contribution in [2.45, 2.75) is 13.5 Å². The Morgan fingerprint density at radius 3 is 2.68 bits per heavy atom. The maximum absolute atomic E-state index is 9.63. The average molecular weight is 382 g/mol. The number of allylic oxidation sites excluding steroid dienone is 1. The molecule has 0 radical (unpaired) electrons. The van der Waals surface area contributed by atoms with Gasteiger partial charge in [0.1, 0.15) is 23.4 Å². The van der Waals surface area contributed by atoms with Crippen molar-refractivity contribution in [1.82, 2.24) is 4.98 Å². The Morgan fingerprint density at radius 2 is 1.89 bits per heavy atom. The summed E-state index contributed by atoms with van der Waals surface area (Å²) < 4.78 is 6.99. The van der Waals surface area contributed by atoms with Crippen LogP contribution in [0.4, 0.5) is 0 Å². The van der Waals surface area contributed by atoms with Gasteiger partial charge in [0.2, 0.25) is 0 Å². The smallest absolute Gasteiger partial charge is 0.135 e. The van der Waals surface area contributed by atoms with Crippen LogP contribution >= 0.6 is 11.3 Å². The van der Waals surface area contributed by atoms with Crippen molar-refractivity contribution in [3.8, 4) is 11.8 Å². The van der Waals surface area contributed by atoms with Crippen LogP contribution in [0.2, 0.25) is 0 Å². The van der Waals surface area contributed by atoms with Crippen LogP contribution in [0.5, 0.6) is 5.75 Å². The third-order valence-electron chi connectivity index (χ3n) is 4.34. The van der Waals surface area contributed by atoms with Crippen molar-refractivity contribution in [3.05, 3.63) is 94.5 Å². The SMILES string of the molecule is Cc1ccc(COc2cccc(C=C(C#N)c3nc4ccccc4s3)c2)cc1. The minimum atomic E-state index is 0.510. The highest BCUT2D eigenvalue weighted by molar-refractivity contribution is 7.19. The van der Waals surface area contributed by atoms with Gasteiger partial charge in [0, 0.05) is 0 Å². The minimum absolute atomic E-state index is 0.510. The van der Waals surface area contributed by atoms with Gasteiger partial charge in [0.15, 0.2) is 0 Å². The van der Waals surface area contributed by atoms with Gasteiger partial charge in [-0.25, -0.2) is 4.98 Å². The summed E-state index contributed by atoms with van der Waals surface area (Å²) in [5.74, 6) is 0.774. The molecule has 0 saturated heterocycles. The Labute approximate surface area is 168 Å². The van der Waals surface area contributed by atoms with Gasteiger partial charge < -0.3 is 4.74 Å². The van der Waals surface area contributed by atoms with E-state index in [2.05, 4.69) is 42.2 Å². The third kappa shape index (κ3) is 4.11. The van der Waals surface area contributed by atoms with Crippen LogP contribution in [0.3, 0.4) is 0 Å². The number of thiazole rings is 1. The van der Waals surface area contributed by atoms with E-state index in [-0.39, 0.29) is 0 Å². The van der Waals surface area contributed by atoms with Crippen LogP contribution in [0.15, 0.2) is 72.8 Å². The van der Waals surface area contributed by atoms with Gasteiger partial charge in [0.25, 0.3) is 0 Å². The summed E-state index contributed by atoms with van der Waals surface area (Å²) in [6.45, 7) is 2.58. The molecular formula is C24H18N2OS. The van der Waals surface area contributed by atoms with E-state index in [1.165, 1.54) is 16.9 Å². The fourth-order valence-corrected chi connectivity index (χ4v) is 3.77. The second kappa shape index (κ2) is 8.08. The number of rotatable bonds is 5. The first-order valence-electron chi connectivity index (χ1n) is 8.97. The Bertz CT molecular complexity index is 1150. The predicted molar refractivity (Wildman–Crippen MR) is 115 cm³/mol. The van der Waals surface area contributed by atoms with Crippen LogP contribution in [-0.2, 0) is 6.61 Å². The molecule has 0 unspecified atom stereocenters. The first-order chi connectivity index (χ1) is 13.7. The zero-order valence-electron chi connectivity index (χ0n) is 15.4. The van der Waals surface area contributed by atoms with Gasteiger partial charge >= 0.3 is 0 Å². The molecule has 0 fully saturated rings. The van der Waals surface area contributed by atoms with E-state index in [0.717, 1.165) is 32.1 Å². The van der Waals surface area contributed by atoms with Crippen molar-refractivity contribution in [3.63, 3.8) is 0 Å². The number of para-hydroxylation sites is 1. The predicted octanol–water partition coefficient (Wildman–Crippen LogP) is 6.25. The summed E-state index contributed by atoms with van der Waals surface area (Å²) in [6, 6.07) is 26.3. The zero-order valence-corrected chi connectivity index (χ0v) is 16.2. The van der Waals surface area contributed by atoms with Gasteiger partial charge in [-0.2, -0.15) is 5.26 Å². The first-order valence-corrected chi connectivity index (χ1v) is 9.79. The van der Waals surface area contributed by atoms with E-state index in [9.17, 15) is 5.26 Å². The fraction of sp³-hybridized carbons (Fsp3) is 0.0833. The maximum atomic E-state index is 9.63. The van der Waals surface area contributed by atoms with Crippen LogP contribution in [0.25, 0.3) is 21.9 Å². The molecule has 4 rings (SSSR count). The summed E-state index contributed by atoms with van der Waals surface area (Å²) in [7, 11) is 0. The lowest BCUT2D eigenvalue weighted by Crippen LogP contribution is -1.95. The molecule has 1 aromatic heterocycles. The number of aryl methyl sites for hydroxylation is 1. The van der Waals surface area contributed by atoms with Gasteiger partial charge in [-0.1, -0.05) is 54.1 Å². The molecule has 4 aromatic rings. The topological polar surface area (TPSA) is 45.9 Å². The molecule has 0 aliphatic carbocycles. The maximum Gasteiger partial charge on any atom is 0.135 e. The van der Waals surface area contributed by atoms with E-state index >= 15 is 0 Å². The largest absolute Gasteiger partial charge is 0.489 e. The normalized spacial score (nSPS) is 11.4. The summed E-state index contributed by atoms with van der Waals surface area (Å²) >= 11 is 1.53. The molecule has 0 aliphatic rings. The van der Waals surface area contributed by atoms with E-state index in [1.807, 2.05) is 54.6 Å². The molecule has 0 N–H and O–H groups in total. The lowest BCUT2D eigenvalue weighted by molar-refractivity contribution is 0.306. The number of hydrogen-bond acceptors (Lipinski definition) is 4. The highest BCUT2D eigenvalue weighted by atomic mass is 32.1. The molecule has 0 bridgehead atoms. The summed E-state index contributed by atoms with van der Waals surface area (Å²) in [5, 5.41) is 10.4. The van der Waals surface area contributed by atoms with Crippen molar-refractivity contribution in [1.29, 1.82) is 5.26 Å². The van der Waals surface area contributed by atoms with Crippen LogP contribution in [0.1, 0.15) is 21.7 Å². The highest BCUT2D eigenvalue weighted by Crippen LogP contribution is 2.28. The Hall–Kier alpha value is -3.42. The van der Waals surface area contributed by atoms with Gasteiger partial charge in [-0.3, -0.25) is 0 Å². The molecule has 0 atom stereocenters. The van der Waals surface area contributed by atoms with E-state index in [0.29, 0.717) is 12.2 Å². The minimum Gasteiger partial charge on any atom is -0.489 e. The quantitative estimate of drug-likeness (QED) is 0.383. The molecule has 4 heteroatoms. The molecular weight excluding hydrogens is 364 g/mol. The lowest BCUT2D eigenvalue weighted by Gasteiger charge is -2.07. The number of benzene rings is 3. The first kappa shape index (κ1) is 18.0. The van der Waals surface area contributed by atoms with Crippen LogP contribution in [0, 0.1) is 18.3 Å². The molecule has 0 aliphatic heterocycles. The third-order valence-corrected chi connectivity index (χ3v) is 5.41. The number of aromatic nitrogens is 1. The van der Waals surface area contributed by atoms with E-state index in [1.54, 1.807) is 0 Å². The van der Waals surface area contributed by atoms with Crippen molar-refractivity contribution in [2.75, 3.05) is 0 Å². The highest BCUT2D eigenvalue weighted by Gasteiger charge is 2.08. The standard InChI is InChI=1S/C24H18N2OS/c1-17-9-11-18(12-10-17)16-27-21-6-4-5-19(14-21)13-20(15-25)24-26-22-7-2-3-8-23(22)28-24/h2-14H,16H2,1H3. The molecule has 136 valence electrons. The van der Waals surface area contributed by atoms with Crippen LogP contribution in [-0.4, -0.2) is 4.98 Å². The number of nitriles is 1. The molecule has 3 aromatic carbocycles. The lowest BCUT2D eigenvalue weighted by atomic mass is 10.1. The van der Waals surface area contributed by atoms with Crippen molar-refractivity contribution in [2.24, 2.45) is 0 Å². The van der Waals surface area contributed by atoms with Gasteiger partial charge in [-0.05, 0) is 48.4 Å². The molecule has 0 amide bonds. The Kier molecular flexibility index (Phi) is 5.18. The molecule has 3 nitrogen and oxygen atoms in total. The molecule has 28 heavy (non-hydrogen) atoms. The van der Waals surface area contributed by atoms with Gasteiger partial charge in [0.05, 0.1) is 15.8 Å². The molecule has 1 heterocycles. The number of fused-ring (bicyclic) bond motifs is 1.